The summed E-state index contributed by atoms with van der Waals surface area (Å²) in [6.45, 7) is 0. The Morgan fingerprint density at radius 1 is 1.15 bits per heavy atom. The lowest BCUT2D eigenvalue weighted by Crippen LogP contribution is -2.05. The summed E-state index contributed by atoms with van der Waals surface area (Å²) < 4.78 is 0. The second-order valence-corrected chi connectivity index (χ2v) is 6.15. The van der Waals surface area contributed by atoms with Gasteiger partial charge < -0.3 is 5.11 Å². The maximum atomic E-state index is 10.4. The van der Waals surface area contributed by atoms with E-state index in [1.54, 1.807) is 24.3 Å². The van der Waals surface area contributed by atoms with E-state index >= 15 is 0 Å². The average Bonchev–Trinajstić information content (AvgIpc) is 2.40. The first-order valence-electron chi connectivity index (χ1n) is 5.84. The molecule has 6 heteroatoms. The van der Waals surface area contributed by atoms with Crippen molar-refractivity contribution in [3.63, 3.8) is 0 Å². The molecule has 1 atom stereocenters. The highest BCUT2D eigenvalue weighted by molar-refractivity contribution is 7.98. The Hall–Kier alpha value is -0.450. The zero-order chi connectivity index (χ0) is 14.7. The Bertz CT molecular complexity index is 601. The number of hydrogen-bond acceptors (Lipinski definition) is 3. The number of halogens is 3. The van der Waals surface area contributed by atoms with Crippen LogP contribution in [-0.2, 0) is 6.42 Å². The molecule has 2 nitrogen and oxygen atoms in total. The van der Waals surface area contributed by atoms with Gasteiger partial charge in [-0.05, 0) is 30.0 Å². The minimum absolute atomic E-state index is 0.379. The lowest BCUT2D eigenvalue weighted by Gasteiger charge is -2.16. The number of nitrogens with zero attached hydrogens (tertiary/aromatic N) is 1. The fourth-order valence-corrected chi connectivity index (χ4v) is 3.37. The van der Waals surface area contributed by atoms with Crippen LogP contribution in [0.2, 0.25) is 15.2 Å². The summed E-state index contributed by atoms with van der Waals surface area (Å²) >= 11 is 19.6. The normalized spacial score (nSPS) is 12.4. The van der Waals surface area contributed by atoms with Crippen molar-refractivity contribution in [2.24, 2.45) is 0 Å². The summed E-state index contributed by atoms with van der Waals surface area (Å²) in [6, 6.07) is 8.73. The van der Waals surface area contributed by atoms with Gasteiger partial charge in [0, 0.05) is 22.0 Å². The van der Waals surface area contributed by atoms with Gasteiger partial charge in [-0.1, -0.05) is 46.9 Å². The number of pyridine rings is 1. The molecule has 0 saturated heterocycles. The first kappa shape index (κ1) is 15.9. The molecule has 0 radical (unpaired) electrons. The van der Waals surface area contributed by atoms with E-state index in [-0.39, 0.29) is 0 Å². The number of thioether (sulfide) groups is 1. The number of aromatic nitrogens is 1. The van der Waals surface area contributed by atoms with E-state index in [0.29, 0.717) is 27.2 Å². The number of hydrogen-bond donors (Lipinski definition) is 1. The van der Waals surface area contributed by atoms with E-state index in [9.17, 15) is 5.11 Å². The minimum Gasteiger partial charge on any atom is -0.388 e. The molecule has 2 rings (SSSR count). The highest BCUT2D eigenvalue weighted by Crippen LogP contribution is 2.33. The molecule has 0 aliphatic heterocycles. The van der Waals surface area contributed by atoms with Crippen LogP contribution in [0, 0.1) is 0 Å². The maximum absolute atomic E-state index is 10.4. The van der Waals surface area contributed by atoms with Crippen molar-refractivity contribution >= 4 is 46.6 Å². The van der Waals surface area contributed by atoms with Crippen molar-refractivity contribution in [2.75, 3.05) is 6.26 Å². The third-order valence-electron chi connectivity index (χ3n) is 2.84. The van der Waals surface area contributed by atoms with E-state index in [4.69, 9.17) is 34.8 Å². The Morgan fingerprint density at radius 2 is 1.80 bits per heavy atom. The molecule has 0 fully saturated rings. The Morgan fingerprint density at radius 3 is 2.40 bits per heavy atom. The topological polar surface area (TPSA) is 33.1 Å². The molecule has 2 aromatic rings. The zero-order valence-corrected chi connectivity index (χ0v) is 13.7. The van der Waals surface area contributed by atoms with Crippen molar-refractivity contribution in [2.45, 2.75) is 17.6 Å². The molecule has 0 aliphatic carbocycles. The summed E-state index contributed by atoms with van der Waals surface area (Å²) in [7, 11) is 0. The Labute approximate surface area is 137 Å². The number of aliphatic hydroxyl groups excluding tert-OH is 1. The second kappa shape index (κ2) is 7.01. The van der Waals surface area contributed by atoms with Crippen molar-refractivity contribution in [3.8, 4) is 0 Å². The lowest BCUT2D eigenvalue weighted by atomic mass is 10.0. The lowest BCUT2D eigenvalue weighted by molar-refractivity contribution is 0.177. The van der Waals surface area contributed by atoms with Crippen LogP contribution >= 0.6 is 46.6 Å². The van der Waals surface area contributed by atoms with Crippen molar-refractivity contribution in [3.05, 3.63) is 56.7 Å². The van der Waals surface area contributed by atoms with Crippen molar-refractivity contribution < 1.29 is 5.11 Å². The smallest absolute Gasteiger partial charge is 0.130 e. The van der Waals surface area contributed by atoms with Crippen LogP contribution in [0.4, 0.5) is 0 Å². The third-order valence-corrected chi connectivity index (χ3v) is 4.45. The molecule has 0 amide bonds. The molecular weight excluding hydrogens is 337 g/mol. The van der Waals surface area contributed by atoms with Crippen LogP contribution in [0.5, 0.6) is 0 Å². The van der Waals surface area contributed by atoms with Gasteiger partial charge in [-0.25, -0.2) is 4.98 Å². The standard InChI is InChI=1S/C14H12Cl3NOS/c1-20-14-8(5-6-12(17)18-14)7-11(19)13-9(15)3-2-4-10(13)16/h2-6,11,19H,7H2,1H3. The Balaban J connectivity index is 2.30. The quantitative estimate of drug-likeness (QED) is 0.620. The van der Waals surface area contributed by atoms with Gasteiger partial charge in [-0.15, -0.1) is 11.8 Å². The van der Waals surface area contributed by atoms with Gasteiger partial charge >= 0.3 is 0 Å². The van der Waals surface area contributed by atoms with Gasteiger partial charge in [-0.3, -0.25) is 0 Å². The molecule has 0 bridgehead atoms. The van der Waals surface area contributed by atoms with E-state index in [1.807, 2.05) is 12.3 Å². The van der Waals surface area contributed by atoms with Crippen LogP contribution in [-0.4, -0.2) is 16.3 Å². The monoisotopic (exact) mass is 347 g/mol. The fraction of sp³-hybridized carbons (Fsp3) is 0.214. The molecular formula is C14H12Cl3NOS. The largest absolute Gasteiger partial charge is 0.388 e. The molecule has 0 spiro atoms. The summed E-state index contributed by atoms with van der Waals surface area (Å²) in [5.41, 5.74) is 1.45. The molecule has 1 aromatic carbocycles. The number of aliphatic hydroxyl groups is 1. The van der Waals surface area contributed by atoms with Crippen molar-refractivity contribution in [1.29, 1.82) is 0 Å². The molecule has 0 aliphatic rings. The predicted molar refractivity (Wildman–Crippen MR) is 86.2 cm³/mol. The highest BCUT2D eigenvalue weighted by Gasteiger charge is 2.18. The fourth-order valence-electron chi connectivity index (χ4n) is 1.92. The summed E-state index contributed by atoms with van der Waals surface area (Å²) in [6.07, 6.45) is 1.51. The van der Waals surface area contributed by atoms with E-state index in [0.717, 1.165) is 10.6 Å². The first-order chi connectivity index (χ1) is 9.52. The zero-order valence-electron chi connectivity index (χ0n) is 10.6. The van der Waals surface area contributed by atoms with Crippen LogP contribution in [0.3, 0.4) is 0 Å². The number of benzene rings is 1. The molecule has 1 aromatic heterocycles. The van der Waals surface area contributed by atoms with E-state index in [2.05, 4.69) is 4.98 Å². The van der Waals surface area contributed by atoms with Crippen LogP contribution in [0.1, 0.15) is 17.2 Å². The maximum Gasteiger partial charge on any atom is 0.130 e. The van der Waals surface area contributed by atoms with Gasteiger partial charge in [0.2, 0.25) is 0 Å². The summed E-state index contributed by atoms with van der Waals surface area (Å²) in [5.74, 6) is 0. The van der Waals surface area contributed by atoms with Gasteiger partial charge in [0.25, 0.3) is 0 Å². The highest BCUT2D eigenvalue weighted by atomic mass is 35.5. The predicted octanol–water partition coefficient (Wildman–Crippen LogP) is 5.04. The molecule has 0 saturated carbocycles. The van der Waals surface area contributed by atoms with E-state index < -0.39 is 6.10 Å². The van der Waals surface area contributed by atoms with E-state index in [1.165, 1.54) is 11.8 Å². The van der Waals surface area contributed by atoms with Crippen LogP contribution in [0.25, 0.3) is 0 Å². The number of rotatable bonds is 4. The van der Waals surface area contributed by atoms with Crippen LogP contribution < -0.4 is 0 Å². The average molecular weight is 349 g/mol. The van der Waals surface area contributed by atoms with Gasteiger partial charge in [0.1, 0.15) is 10.2 Å². The summed E-state index contributed by atoms with van der Waals surface area (Å²) in [5, 5.41) is 12.5. The molecule has 1 heterocycles. The van der Waals surface area contributed by atoms with Crippen molar-refractivity contribution in [1.82, 2.24) is 4.98 Å². The molecule has 1 N–H and O–H groups in total. The van der Waals surface area contributed by atoms with Gasteiger partial charge in [0.15, 0.2) is 0 Å². The second-order valence-electron chi connectivity index (χ2n) is 4.16. The SMILES string of the molecule is CSc1nc(Cl)ccc1CC(O)c1c(Cl)cccc1Cl. The first-order valence-corrected chi connectivity index (χ1v) is 8.20. The molecule has 20 heavy (non-hydrogen) atoms. The Kier molecular flexibility index (Phi) is 5.58. The molecule has 1 unspecified atom stereocenters. The van der Waals surface area contributed by atoms with Crippen LogP contribution in [0.15, 0.2) is 35.4 Å². The minimum atomic E-state index is -0.787. The summed E-state index contributed by atoms with van der Waals surface area (Å²) in [4.78, 5) is 4.23. The van der Waals surface area contributed by atoms with Gasteiger partial charge in [-0.2, -0.15) is 0 Å². The van der Waals surface area contributed by atoms with Gasteiger partial charge in [0.05, 0.1) is 6.10 Å². The third kappa shape index (κ3) is 3.60. The molecule has 106 valence electrons.